The first kappa shape index (κ1) is 15.9. The minimum absolute atomic E-state index is 0. The van der Waals surface area contributed by atoms with Gasteiger partial charge in [0.2, 0.25) is 0 Å². The third-order valence-electron chi connectivity index (χ3n) is 0. The fraction of sp³-hybridized carbons (Fsp3) is 0.250. The van der Waals surface area contributed by atoms with Crippen molar-refractivity contribution in [2.45, 2.75) is 6.92 Å². The molecule has 6 heavy (non-hydrogen) atoms. The maximum absolute atomic E-state index is 3.44. The van der Waals surface area contributed by atoms with Gasteiger partial charge in [0.25, 0.3) is 0 Å². The largest absolute Gasteiger partial charge is 1.00 e. The Morgan fingerprint density at radius 2 is 1.67 bits per heavy atom. The van der Waals surface area contributed by atoms with Crippen LogP contribution >= 0.6 is 0 Å². The molecule has 0 nitrogen and oxygen atoms in total. The molecule has 2 heteroatoms. The van der Waals surface area contributed by atoms with Crippen LogP contribution in [0.5, 0.6) is 0 Å². The van der Waals surface area contributed by atoms with E-state index in [1.54, 1.807) is 0 Å². The van der Waals surface area contributed by atoms with Crippen LogP contribution < -0.4 is 0 Å². The minimum atomic E-state index is 0. The molecule has 0 saturated heterocycles. The van der Waals surface area contributed by atoms with E-state index in [1.807, 2.05) is 6.92 Å². The van der Waals surface area contributed by atoms with Gasteiger partial charge in [0.1, 0.15) is 0 Å². The molecule has 0 heterocycles. The molecule has 1 radical (unpaired) electrons. The third kappa shape index (κ3) is 124. The average Bonchev–Trinajstić information content (AvgIpc) is 0.811. The summed E-state index contributed by atoms with van der Waals surface area (Å²) in [5, 5.41) is 0. The molecule has 0 atom stereocenters. The second-order valence-corrected chi connectivity index (χ2v) is 0.957. The standard InChI is InChI=1S/C4H7.Cu.Li/c1-4(2)3;;/h1-2H2,3H3;;/q-1;+1;. The van der Waals surface area contributed by atoms with Gasteiger partial charge in [-0.1, -0.05) is 6.92 Å². The molecule has 35 valence electrons. The first-order valence-corrected chi connectivity index (χ1v) is 1.21. The third-order valence-corrected chi connectivity index (χ3v) is 0. The molecule has 0 aliphatic carbocycles. The molecule has 0 aliphatic rings. The van der Waals surface area contributed by atoms with Crippen molar-refractivity contribution in [2.75, 3.05) is 0 Å². The van der Waals surface area contributed by atoms with E-state index >= 15 is 0 Å². The van der Waals surface area contributed by atoms with Crippen molar-refractivity contribution < 1.29 is 17.1 Å². The van der Waals surface area contributed by atoms with E-state index < -0.39 is 0 Å². The Labute approximate surface area is 62.0 Å². The molecule has 0 aromatic heterocycles. The Morgan fingerprint density at radius 1 is 1.67 bits per heavy atom. The second kappa shape index (κ2) is 9.21. The molecule has 0 saturated carbocycles. The molecule has 0 N–H and O–H groups in total. The van der Waals surface area contributed by atoms with Crippen molar-refractivity contribution in [3.05, 3.63) is 19.1 Å². The predicted molar refractivity (Wildman–Crippen MR) is 25.9 cm³/mol. The summed E-state index contributed by atoms with van der Waals surface area (Å²) in [7, 11) is 0. The Bertz CT molecular complexity index is 30.5. The summed E-state index contributed by atoms with van der Waals surface area (Å²) in [6.07, 6.45) is 0. The first-order chi connectivity index (χ1) is 1.73. The van der Waals surface area contributed by atoms with Crippen LogP contribution in [0.3, 0.4) is 0 Å². The molecule has 0 bridgehead atoms. The van der Waals surface area contributed by atoms with Crippen molar-refractivity contribution in [1.82, 2.24) is 0 Å². The molecule has 0 rings (SSSR count). The molecule has 0 aromatic rings. The summed E-state index contributed by atoms with van der Waals surface area (Å²) in [5.41, 5.74) is 0.917. The van der Waals surface area contributed by atoms with Crippen molar-refractivity contribution in [1.29, 1.82) is 0 Å². The molecule has 0 aliphatic heterocycles. The Kier molecular flexibility index (Phi) is 24.4. The van der Waals surface area contributed by atoms with Crippen LogP contribution in [0.25, 0.3) is 0 Å². The van der Waals surface area contributed by atoms with Gasteiger partial charge in [0.15, 0.2) is 0 Å². The smallest absolute Gasteiger partial charge is 0.242 e. The number of rotatable bonds is 0. The van der Waals surface area contributed by atoms with Gasteiger partial charge >= 0.3 is 17.1 Å². The van der Waals surface area contributed by atoms with Crippen LogP contribution in [-0.2, 0) is 17.1 Å². The summed E-state index contributed by atoms with van der Waals surface area (Å²) >= 11 is 0. The summed E-state index contributed by atoms with van der Waals surface area (Å²) in [6, 6.07) is 0. The normalized spacial score (nSPS) is 4.17. The van der Waals surface area contributed by atoms with Gasteiger partial charge < -0.3 is 0 Å². The van der Waals surface area contributed by atoms with Crippen LogP contribution in [0.1, 0.15) is 6.92 Å². The molecular weight excluding hydrogens is 119 g/mol. The zero-order chi connectivity index (χ0) is 3.58. The van der Waals surface area contributed by atoms with Gasteiger partial charge in [0, 0.05) is 18.9 Å². The average molecular weight is 126 g/mol. The molecular formula is C4H7CuLi. The Morgan fingerprint density at radius 3 is 1.67 bits per heavy atom. The van der Waals surface area contributed by atoms with Crippen LogP contribution in [0, 0.1) is 6.92 Å². The summed E-state index contributed by atoms with van der Waals surface area (Å²) in [5.74, 6) is 0. The van der Waals surface area contributed by atoms with E-state index in [0.717, 1.165) is 5.57 Å². The van der Waals surface area contributed by atoms with Gasteiger partial charge in [-0.2, -0.15) is 0 Å². The Balaban J connectivity index is -0.0000000450. The van der Waals surface area contributed by atoms with Crippen molar-refractivity contribution >= 4 is 18.9 Å². The summed E-state index contributed by atoms with van der Waals surface area (Å²) < 4.78 is 0. The summed E-state index contributed by atoms with van der Waals surface area (Å²) in [4.78, 5) is 0. The van der Waals surface area contributed by atoms with E-state index in [2.05, 4.69) is 13.5 Å². The minimum Gasteiger partial charge on any atom is -0.242 e. The predicted octanol–water partition coefficient (Wildman–Crippen LogP) is 1.01. The second-order valence-electron chi connectivity index (χ2n) is 0.957. The van der Waals surface area contributed by atoms with Crippen LogP contribution in [0.4, 0.5) is 0 Å². The quantitative estimate of drug-likeness (QED) is 0.335. The summed E-state index contributed by atoms with van der Waals surface area (Å²) in [6.45, 7) is 8.75. The van der Waals surface area contributed by atoms with E-state index in [0.29, 0.717) is 0 Å². The maximum Gasteiger partial charge on any atom is 1.00 e. The van der Waals surface area contributed by atoms with Crippen molar-refractivity contribution in [3.8, 4) is 0 Å². The molecule has 0 amide bonds. The van der Waals surface area contributed by atoms with Gasteiger partial charge in [-0.15, -0.1) is 0 Å². The topological polar surface area (TPSA) is 0 Å². The van der Waals surface area contributed by atoms with E-state index in [-0.39, 0.29) is 35.9 Å². The van der Waals surface area contributed by atoms with Crippen LogP contribution in [0.15, 0.2) is 12.2 Å². The van der Waals surface area contributed by atoms with Crippen molar-refractivity contribution in [2.24, 2.45) is 0 Å². The molecule has 0 unspecified atom stereocenters. The first-order valence-electron chi connectivity index (χ1n) is 1.21. The maximum atomic E-state index is 3.44. The van der Waals surface area contributed by atoms with Gasteiger partial charge in [-0.05, 0) is 0 Å². The number of allylic oxidation sites excluding steroid dienone is 1. The molecule has 0 aromatic carbocycles. The van der Waals surface area contributed by atoms with E-state index in [9.17, 15) is 0 Å². The molecule has 0 spiro atoms. The van der Waals surface area contributed by atoms with Crippen molar-refractivity contribution in [3.63, 3.8) is 0 Å². The number of hydrogen-bond donors (Lipinski definition) is 0. The fourth-order valence-electron chi connectivity index (χ4n) is 0. The van der Waals surface area contributed by atoms with Gasteiger partial charge in [0.05, 0.1) is 0 Å². The SMILES string of the molecule is C=C([CH2-])C.[Cu+].[Li]. The van der Waals surface area contributed by atoms with Gasteiger partial charge in [-0.3, -0.25) is 0 Å². The zero-order valence-corrected chi connectivity index (χ0v) is 5.16. The van der Waals surface area contributed by atoms with Crippen LogP contribution in [0.2, 0.25) is 0 Å². The van der Waals surface area contributed by atoms with E-state index in [1.165, 1.54) is 0 Å². The Hall–Kier alpha value is 0.727. The molecule has 0 fully saturated rings. The zero-order valence-electron chi connectivity index (χ0n) is 4.22. The van der Waals surface area contributed by atoms with Gasteiger partial charge in [-0.25, -0.2) is 19.1 Å². The van der Waals surface area contributed by atoms with E-state index in [4.69, 9.17) is 0 Å². The monoisotopic (exact) mass is 125 g/mol. The number of hydrogen-bond acceptors (Lipinski definition) is 0. The van der Waals surface area contributed by atoms with Crippen LogP contribution in [-0.4, -0.2) is 18.9 Å². The fourth-order valence-corrected chi connectivity index (χ4v) is 0.